The summed E-state index contributed by atoms with van der Waals surface area (Å²) < 4.78 is 0.524. The number of carbonyl (C=O) groups excluding carboxylic acids is 1. The van der Waals surface area contributed by atoms with Gasteiger partial charge in [0.15, 0.2) is 0 Å². The van der Waals surface area contributed by atoms with Crippen molar-refractivity contribution < 1.29 is 14.7 Å². The van der Waals surface area contributed by atoms with E-state index in [2.05, 4.69) is 0 Å². The van der Waals surface area contributed by atoms with E-state index in [0.29, 0.717) is 16.6 Å². The number of rotatable bonds is 4. The first-order valence-corrected chi connectivity index (χ1v) is 7.21. The Labute approximate surface area is 120 Å². The predicted molar refractivity (Wildman–Crippen MR) is 77.8 cm³/mol. The first-order chi connectivity index (χ1) is 9.08. The number of hydrogen-bond acceptors (Lipinski definition) is 4. The summed E-state index contributed by atoms with van der Waals surface area (Å²) in [6.45, 7) is 0.404. The molecule has 0 radical (unpaired) electrons. The van der Waals surface area contributed by atoms with Crippen LogP contribution in [0.1, 0.15) is 12.0 Å². The average Bonchev–Trinajstić information content (AvgIpc) is 2.39. The summed E-state index contributed by atoms with van der Waals surface area (Å²) in [5.41, 5.74) is 0.981. The fraction of sp³-hybridized carbons (Fsp3) is 0.308. The first kappa shape index (κ1) is 14.0. The van der Waals surface area contributed by atoms with Gasteiger partial charge in [-0.3, -0.25) is 14.5 Å². The second-order valence-corrected chi connectivity index (χ2v) is 5.94. The molecular formula is C13H13NO3S2. The number of thiocarbonyl (C=S) groups is 1. The lowest BCUT2D eigenvalue weighted by molar-refractivity contribution is -0.142. The van der Waals surface area contributed by atoms with Crippen LogP contribution in [0.15, 0.2) is 30.3 Å². The van der Waals surface area contributed by atoms with Gasteiger partial charge in [-0.1, -0.05) is 54.3 Å². The third-order valence-corrected chi connectivity index (χ3v) is 4.46. The van der Waals surface area contributed by atoms with Crippen LogP contribution in [0, 0.1) is 5.92 Å². The van der Waals surface area contributed by atoms with Gasteiger partial charge in [0.1, 0.15) is 4.32 Å². The predicted octanol–water partition coefficient (Wildman–Crippen LogP) is 2.14. The molecule has 6 heteroatoms. The van der Waals surface area contributed by atoms with Gasteiger partial charge in [-0.05, 0) is 5.56 Å². The highest BCUT2D eigenvalue weighted by atomic mass is 32.2. The minimum Gasteiger partial charge on any atom is -0.481 e. The standard InChI is InChI=1S/C13H13NO3S2/c15-11(16)6-10-8-19-13(18)14(12(10)17)7-9-4-2-1-3-5-9/h1-5,10H,6-8H2,(H,15,16). The van der Waals surface area contributed by atoms with E-state index in [1.54, 1.807) is 0 Å². The van der Waals surface area contributed by atoms with Gasteiger partial charge in [-0.15, -0.1) is 0 Å². The minimum absolute atomic E-state index is 0.139. The molecule has 19 heavy (non-hydrogen) atoms. The van der Waals surface area contributed by atoms with Crippen molar-refractivity contribution in [3.05, 3.63) is 35.9 Å². The highest BCUT2D eigenvalue weighted by molar-refractivity contribution is 8.23. The lowest BCUT2D eigenvalue weighted by Gasteiger charge is -2.31. The smallest absolute Gasteiger partial charge is 0.304 e. The highest BCUT2D eigenvalue weighted by Crippen LogP contribution is 2.27. The van der Waals surface area contributed by atoms with Gasteiger partial charge in [-0.2, -0.15) is 0 Å². The SMILES string of the molecule is O=C(O)CC1CSC(=S)N(Cc2ccccc2)C1=O. The fourth-order valence-electron chi connectivity index (χ4n) is 1.90. The van der Waals surface area contributed by atoms with Crippen molar-refractivity contribution >= 4 is 40.2 Å². The summed E-state index contributed by atoms with van der Waals surface area (Å²) in [5, 5.41) is 8.81. The Morgan fingerprint density at radius 2 is 2.11 bits per heavy atom. The molecule has 4 nitrogen and oxygen atoms in total. The summed E-state index contributed by atoms with van der Waals surface area (Å²) in [7, 11) is 0. The van der Waals surface area contributed by atoms with Crippen molar-refractivity contribution in [2.45, 2.75) is 13.0 Å². The maximum Gasteiger partial charge on any atom is 0.304 e. The molecule has 0 aliphatic carbocycles. The van der Waals surface area contributed by atoms with E-state index in [9.17, 15) is 9.59 Å². The third kappa shape index (κ3) is 3.54. The number of thioether (sulfide) groups is 1. The number of carboxylic acid groups (broad SMARTS) is 1. The molecular weight excluding hydrogens is 282 g/mol. The zero-order valence-corrected chi connectivity index (χ0v) is 11.7. The van der Waals surface area contributed by atoms with Gasteiger partial charge in [-0.25, -0.2) is 0 Å². The molecule has 1 atom stereocenters. The van der Waals surface area contributed by atoms with Gasteiger partial charge in [0.05, 0.1) is 18.9 Å². The van der Waals surface area contributed by atoms with E-state index in [1.165, 1.54) is 16.7 Å². The zero-order valence-electron chi connectivity index (χ0n) is 10.1. The second-order valence-electron chi connectivity index (χ2n) is 4.28. The fourth-order valence-corrected chi connectivity index (χ4v) is 3.17. The molecule has 1 amide bonds. The Hall–Kier alpha value is -1.40. The number of benzene rings is 1. The normalized spacial score (nSPS) is 19.6. The molecule has 2 rings (SSSR count). The molecule has 1 aliphatic heterocycles. The monoisotopic (exact) mass is 295 g/mol. The lowest BCUT2D eigenvalue weighted by atomic mass is 10.1. The molecule has 100 valence electrons. The lowest BCUT2D eigenvalue weighted by Crippen LogP contribution is -2.43. The van der Waals surface area contributed by atoms with E-state index in [0.717, 1.165) is 5.56 Å². The van der Waals surface area contributed by atoms with E-state index >= 15 is 0 Å². The number of carboxylic acids is 1. The summed E-state index contributed by atoms with van der Waals surface area (Å²) in [6, 6.07) is 9.54. The van der Waals surface area contributed by atoms with Crippen LogP contribution in [0.5, 0.6) is 0 Å². The number of amides is 1. The Bertz CT molecular complexity index is 504. The zero-order chi connectivity index (χ0) is 13.8. The topological polar surface area (TPSA) is 57.6 Å². The molecule has 1 fully saturated rings. The van der Waals surface area contributed by atoms with Crippen LogP contribution in [0.25, 0.3) is 0 Å². The molecule has 1 aromatic carbocycles. The van der Waals surface area contributed by atoms with Crippen molar-refractivity contribution in [3.8, 4) is 0 Å². The van der Waals surface area contributed by atoms with Crippen molar-refractivity contribution in [1.29, 1.82) is 0 Å². The van der Waals surface area contributed by atoms with Crippen molar-refractivity contribution in [3.63, 3.8) is 0 Å². The molecule has 0 bridgehead atoms. The van der Waals surface area contributed by atoms with E-state index in [-0.39, 0.29) is 12.3 Å². The molecule has 1 saturated heterocycles. The molecule has 1 aliphatic rings. The van der Waals surface area contributed by atoms with E-state index < -0.39 is 11.9 Å². The first-order valence-electron chi connectivity index (χ1n) is 5.82. The molecule has 1 unspecified atom stereocenters. The Morgan fingerprint density at radius 3 is 2.74 bits per heavy atom. The average molecular weight is 295 g/mol. The largest absolute Gasteiger partial charge is 0.481 e. The number of nitrogens with zero attached hydrogens (tertiary/aromatic N) is 1. The number of aliphatic carboxylic acids is 1. The van der Waals surface area contributed by atoms with Crippen LogP contribution in [0.3, 0.4) is 0 Å². The molecule has 0 spiro atoms. The Kier molecular flexibility index (Phi) is 4.55. The van der Waals surface area contributed by atoms with E-state index in [1.807, 2.05) is 30.3 Å². The summed E-state index contributed by atoms with van der Waals surface area (Å²) in [4.78, 5) is 24.5. The molecule has 1 aromatic rings. The molecule has 1 heterocycles. The van der Waals surface area contributed by atoms with Crippen LogP contribution >= 0.6 is 24.0 Å². The highest BCUT2D eigenvalue weighted by Gasteiger charge is 2.33. The van der Waals surface area contributed by atoms with Crippen LogP contribution in [-0.2, 0) is 16.1 Å². The van der Waals surface area contributed by atoms with Gasteiger partial charge >= 0.3 is 5.97 Å². The third-order valence-electron chi connectivity index (χ3n) is 2.85. The number of hydrogen-bond donors (Lipinski definition) is 1. The van der Waals surface area contributed by atoms with Crippen molar-refractivity contribution in [2.24, 2.45) is 5.92 Å². The Balaban J connectivity index is 2.11. The molecule has 0 saturated carbocycles. The van der Waals surface area contributed by atoms with Crippen molar-refractivity contribution in [2.75, 3.05) is 5.75 Å². The van der Waals surface area contributed by atoms with Crippen LogP contribution in [0.2, 0.25) is 0 Å². The Morgan fingerprint density at radius 1 is 1.42 bits per heavy atom. The van der Waals surface area contributed by atoms with Gasteiger partial charge < -0.3 is 5.11 Å². The summed E-state index contributed by atoms with van der Waals surface area (Å²) in [6.07, 6.45) is -0.139. The molecule has 0 aromatic heterocycles. The number of carbonyl (C=O) groups is 2. The van der Waals surface area contributed by atoms with Crippen LogP contribution < -0.4 is 0 Å². The maximum absolute atomic E-state index is 12.2. The summed E-state index contributed by atoms with van der Waals surface area (Å²) in [5.74, 6) is -1.17. The van der Waals surface area contributed by atoms with Gasteiger partial charge in [0, 0.05) is 5.75 Å². The van der Waals surface area contributed by atoms with Crippen molar-refractivity contribution in [1.82, 2.24) is 4.90 Å². The minimum atomic E-state index is -0.952. The van der Waals surface area contributed by atoms with Gasteiger partial charge in [0.2, 0.25) is 5.91 Å². The van der Waals surface area contributed by atoms with E-state index in [4.69, 9.17) is 17.3 Å². The van der Waals surface area contributed by atoms with Crippen LogP contribution in [-0.4, -0.2) is 32.0 Å². The van der Waals surface area contributed by atoms with Gasteiger partial charge in [0.25, 0.3) is 0 Å². The van der Waals surface area contributed by atoms with Crippen LogP contribution in [0.4, 0.5) is 0 Å². The maximum atomic E-state index is 12.2. The second kappa shape index (κ2) is 6.16. The quantitative estimate of drug-likeness (QED) is 0.862. The summed E-state index contributed by atoms with van der Waals surface area (Å²) >= 11 is 6.56. The molecule has 1 N–H and O–H groups in total.